The largest absolute Gasteiger partial charge is 0.352 e. The molecule has 0 aliphatic carbocycles. The minimum absolute atomic E-state index is 0.0285. The molecule has 0 fully saturated rings. The van der Waals surface area contributed by atoms with Crippen molar-refractivity contribution in [3.05, 3.63) is 34.9 Å². The summed E-state index contributed by atoms with van der Waals surface area (Å²) < 4.78 is 0. The number of hydrogen-bond donors (Lipinski definition) is 2. The van der Waals surface area contributed by atoms with Crippen LogP contribution in [-0.2, 0) is 29.1 Å². The van der Waals surface area contributed by atoms with E-state index in [1.54, 1.807) is 0 Å². The third-order valence-electron chi connectivity index (χ3n) is 4.03. The summed E-state index contributed by atoms with van der Waals surface area (Å²) >= 11 is 0. The van der Waals surface area contributed by atoms with Crippen molar-refractivity contribution < 1.29 is 9.59 Å². The fourth-order valence-corrected chi connectivity index (χ4v) is 2.32. The Balaban J connectivity index is 2.83. The first-order valence-corrected chi connectivity index (χ1v) is 8.60. The number of carbonyl (C=O) groups is 2. The Morgan fingerprint density at radius 3 is 2.08 bits per heavy atom. The number of likely N-dealkylation sites (N-methyl/N-ethyl adjacent to an activating group) is 1. The molecule has 134 valence electrons. The van der Waals surface area contributed by atoms with Crippen LogP contribution in [0.15, 0.2) is 18.2 Å². The predicted molar refractivity (Wildman–Crippen MR) is 97.5 cm³/mol. The Bertz CT molecular complexity index is 556. The molecule has 0 spiro atoms. The molecule has 0 saturated carbocycles. The van der Waals surface area contributed by atoms with Crippen LogP contribution in [0.5, 0.6) is 0 Å². The molecule has 0 aromatic heterocycles. The highest BCUT2D eigenvalue weighted by atomic mass is 16.2. The maximum atomic E-state index is 12.0. The van der Waals surface area contributed by atoms with E-state index in [9.17, 15) is 9.59 Å². The average molecular weight is 333 g/mol. The molecule has 1 rings (SSSR count). The predicted octanol–water partition coefficient (Wildman–Crippen LogP) is 2.09. The van der Waals surface area contributed by atoms with Crippen LogP contribution in [0.25, 0.3) is 0 Å². The topological polar surface area (TPSA) is 61.4 Å². The van der Waals surface area contributed by atoms with Crippen LogP contribution < -0.4 is 10.6 Å². The molecule has 0 bridgehead atoms. The van der Waals surface area contributed by atoms with E-state index in [1.165, 1.54) is 12.5 Å². The van der Waals surface area contributed by atoms with Crippen LogP contribution in [0.1, 0.15) is 43.9 Å². The Hall–Kier alpha value is -1.88. The zero-order valence-electron chi connectivity index (χ0n) is 15.6. The fourth-order valence-electron chi connectivity index (χ4n) is 2.32. The first kappa shape index (κ1) is 20.2. The van der Waals surface area contributed by atoms with Crippen molar-refractivity contribution >= 4 is 11.8 Å². The second-order valence-electron chi connectivity index (χ2n) is 6.65. The second kappa shape index (κ2) is 10.1. The summed E-state index contributed by atoms with van der Waals surface area (Å²) in [6.07, 6.45) is 1.77. The van der Waals surface area contributed by atoms with Crippen molar-refractivity contribution in [3.8, 4) is 0 Å². The highest BCUT2D eigenvalue weighted by Gasteiger charge is 2.10. The highest BCUT2D eigenvalue weighted by molar-refractivity contribution is 5.78. The number of carbonyl (C=O) groups excluding carboxylic acids is 2. The summed E-state index contributed by atoms with van der Waals surface area (Å²) in [5, 5.41) is 5.83. The maximum Gasteiger partial charge on any atom is 0.223 e. The first-order chi connectivity index (χ1) is 11.3. The summed E-state index contributed by atoms with van der Waals surface area (Å²) in [6, 6.07) is 6.31. The van der Waals surface area contributed by atoms with Gasteiger partial charge in [0.2, 0.25) is 11.8 Å². The van der Waals surface area contributed by atoms with Gasteiger partial charge in [-0.25, -0.2) is 0 Å². The summed E-state index contributed by atoms with van der Waals surface area (Å²) in [4.78, 5) is 25.3. The maximum absolute atomic E-state index is 12.0. The van der Waals surface area contributed by atoms with Crippen LogP contribution in [0, 0.1) is 5.92 Å². The molecule has 1 atom stereocenters. The molecule has 0 heterocycles. The quantitative estimate of drug-likeness (QED) is 0.727. The van der Waals surface area contributed by atoms with E-state index in [0.29, 0.717) is 13.1 Å². The van der Waals surface area contributed by atoms with Crippen LogP contribution in [0.2, 0.25) is 0 Å². The fraction of sp³-hybridized carbons (Fsp3) is 0.579. The lowest BCUT2D eigenvalue weighted by Crippen LogP contribution is -2.28. The number of amides is 2. The Kier molecular flexibility index (Phi) is 8.47. The van der Waals surface area contributed by atoms with Gasteiger partial charge in [-0.3, -0.25) is 9.59 Å². The van der Waals surface area contributed by atoms with E-state index < -0.39 is 0 Å². The molecular weight excluding hydrogens is 302 g/mol. The SMILES string of the molecule is CCC(C)C(=O)NCc1cc(CCN(C)C)cc(CNC(C)=O)c1. The third-order valence-corrected chi connectivity index (χ3v) is 4.03. The van der Waals surface area contributed by atoms with Gasteiger partial charge in [0.05, 0.1) is 0 Å². The molecule has 24 heavy (non-hydrogen) atoms. The Morgan fingerprint density at radius 2 is 1.58 bits per heavy atom. The third kappa shape index (κ3) is 7.59. The van der Waals surface area contributed by atoms with Gasteiger partial charge in [0.1, 0.15) is 0 Å². The first-order valence-electron chi connectivity index (χ1n) is 8.60. The molecule has 2 amide bonds. The van der Waals surface area contributed by atoms with E-state index in [1.807, 2.05) is 19.9 Å². The molecule has 5 nitrogen and oxygen atoms in total. The Morgan fingerprint density at radius 1 is 1.04 bits per heavy atom. The van der Waals surface area contributed by atoms with Gasteiger partial charge < -0.3 is 15.5 Å². The molecule has 5 heteroatoms. The average Bonchev–Trinajstić information content (AvgIpc) is 2.55. The van der Waals surface area contributed by atoms with Crippen LogP contribution in [0.3, 0.4) is 0 Å². The summed E-state index contributed by atoms with van der Waals surface area (Å²) in [5.74, 6) is 0.0701. The summed E-state index contributed by atoms with van der Waals surface area (Å²) in [6.45, 7) is 7.46. The van der Waals surface area contributed by atoms with Gasteiger partial charge in [-0.15, -0.1) is 0 Å². The molecular formula is C19H31N3O2. The van der Waals surface area contributed by atoms with Crippen molar-refractivity contribution in [2.45, 2.75) is 46.7 Å². The van der Waals surface area contributed by atoms with Crippen molar-refractivity contribution in [2.24, 2.45) is 5.92 Å². The normalized spacial score (nSPS) is 12.1. The molecule has 2 N–H and O–H groups in total. The van der Waals surface area contributed by atoms with Crippen molar-refractivity contribution in [2.75, 3.05) is 20.6 Å². The smallest absolute Gasteiger partial charge is 0.223 e. The van der Waals surface area contributed by atoms with E-state index in [0.717, 1.165) is 30.5 Å². The van der Waals surface area contributed by atoms with Crippen molar-refractivity contribution in [1.29, 1.82) is 0 Å². The number of hydrogen-bond acceptors (Lipinski definition) is 3. The molecule has 1 unspecified atom stereocenters. The van der Waals surface area contributed by atoms with Crippen LogP contribution >= 0.6 is 0 Å². The van der Waals surface area contributed by atoms with Gasteiger partial charge >= 0.3 is 0 Å². The number of benzene rings is 1. The Labute approximate surface area is 145 Å². The van der Waals surface area contributed by atoms with Crippen LogP contribution in [-0.4, -0.2) is 37.4 Å². The van der Waals surface area contributed by atoms with Crippen molar-refractivity contribution in [3.63, 3.8) is 0 Å². The molecule has 0 radical (unpaired) electrons. The zero-order valence-corrected chi connectivity index (χ0v) is 15.6. The second-order valence-corrected chi connectivity index (χ2v) is 6.65. The monoisotopic (exact) mass is 333 g/mol. The van der Waals surface area contributed by atoms with Gasteiger partial charge in [0, 0.05) is 32.5 Å². The van der Waals surface area contributed by atoms with E-state index in [2.05, 4.69) is 41.8 Å². The lowest BCUT2D eigenvalue weighted by Gasteiger charge is -2.14. The van der Waals surface area contributed by atoms with E-state index in [4.69, 9.17) is 0 Å². The highest BCUT2D eigenvalue weighted by Crippen LogP contribution is 2.12. The number of nitrogens with one attached hydrogen (secondary N) is 2. The number of nitrogens with zero attached hydrogens (tertiary/aromatic N) is 1. The van der Waals surface area contributed by atoms with Crippen molar-refractivity contribution in [1.82, 2.24) is 15.5 Å². The van der Waals surface area contributed by atoms with Gasteiger partial charge in [0.25, 0.3) is 0 Å². The van der Waals surface area contributed by atoms with Gasteiger partial charge in [-0.05, 0) is 43.6 Å². The molecule has 1 aromatic carbocycles. The van der Waals surface area contributed by atoms with Crippen LogP contribution in [0.4, 0.5) is 0 Å². The van der Waals surface area contributed by atoms with Gasteiger partial charge in [0.15, 0.2) is 0 Å². The van der Waals surface area contributed by atoms with E-state index in [-0.39, 0.29) is 17.7 Å². The molecule has 0 saturated heterocycles. The zero-order chi connectivity index (χ0) is 18.1. The summed E-state index contributed by atoms with van der Waals surface area (Å²) in [7, 11) is 4.10. The van der Waals surface area contributed by atoms with Gasteiger partial charge in [-0.1, -0.05) is 32.0 Å². The standard InChI is InChI=1S/C19H31N3O2/c1-6-14(2)19(24)21-13-18-10-16(7-8-22(4)5)9-17(11-18)12-20-15(3)23/h9-11,14H,6-8,12-13H2,1-5H3,(H,20,23)(H,21,24). The minimum Gasteiger partial charge on any atom is -0.352 e. The molecule has 0 aliphatic rings. The summed E-state index contributed by atoms with van der Waals surface area (Å²) in [5.41, 5.74) is 3.36. The molecule has 1 aromatic rings. The lowest BCUT2D eigenvalue weighted by atomic mass is 10.0. The number of rotatable bonds is 9. The minimum atomic E-state index is -0.0414. The van der Waals surface area contributed by atoms with Gasteiger partial charge in [-0.2, -0.15) is 0 Å². The van der Waals surface area contributed by atoms with E-state index >= 15 is 0 Å². The lowest BCUT2D eigenvalue weighted by molar-refractivity contribution is -0.124. The molecule has 0 aliphatic heterocycles.